The zero-order valence-corrected chi connectivity index (χ0v) is 23.1. The second kappa shape index (κ2) is 13.3. The minimum atomic E-state index is -1.02. The molecule has 0 unspecified atom stereocenters. The average Bonchev–Trinajstić information content (AvgIpc) is 2.88. The van der Waals surface area contributed by atoms with Crippen molar-refractivity contribution in [3.63, 3.8) is 0 Å². The lowest BCUT2D eigenvalue weighted by atomic mass is 10.1. The lowest BCUT2D eigenvalue weighted by Crippen LogP contribution is -2.46. The minimum absolute atomic E-state index is 0. The van der Waals surface area contributed by atoms with Crippen LogP contribution in [0.3, 0.4) is 0 Å². The summed E-state index contributed by atoms with van der Waals surface area (Å²) in [5.41, 5.74) is 4.24. The zero-order chi connectivity index (χ0) is 24.4. The molecule has 5 rings (SSSR count). The molecule has 2 heterocycles. The van der Waals surface area contributed by atoms with E-state index in [9.17, 15) is 14.7 Å². The number of carboxylic acids is 1. The zero-order valence-electron chi connectivity index (χ0n) is 20.7. The Balaban J connectivity index is 0.00000169. The Bertz CT molecular complexity index is 1410. The number of carbonyl (C=O) groups is 2. The smallest absolute Gasteiger partial charge is 0.336 e. The van der Waals surface area contributed by atoms with Gasteiger partial charge in [-0.2, -0.15) is 0 Å². The average molecular weight is 576 g/mol. The number of nitrogens with zero attached hydrogens (tertiary/aromatic N) is 3. The van der Waals surface area contributed by atoms with Gasteiger partial charge in [0.2, 0.25) is 0 Å². The van der Waals surface area contributed by atoms with Crippen LogP contribution in [0.15, 0.2) is 78.9 Å². The summed E-state index contributed by atoms with van der Waals surface area (Å²) in [6.45, 7) is 5.24. The van der Waals surface area contributed by atoms with Gasteiger partial charge in [-0.25, -0.2) is 9.78 Å². The van der Waals surface area contributed by atoms with Crippen LogP contribution >= 0.6 is 37.2 Å². The highest BCUT2D eigenvalue weighted by Crippen LogP contribution is 2.28. The number of aromatic carboxylic acids is 1. The van der Waals surface area contributed by atoms with E-state index in [2.05, 4.69) is 46.3 Å². The quantitative estimate of drug-likeness (QED) is 0.300. The highest BCUT2D eigenvalue weighted by molar-refractivity contribution is 6.08. The molecule has 0 spiro atoms. The molecule has 4 aromatic rings. The van der Waals surface area contributed by atoms with E-state index in [1.165, 1.54) is 11.3 Å². The first-order chi connectivity index (χ1) is 17.0. The first-order valence-electron chi connectivity index (χ1n) is 11.6. The lowest BCUT2D eigenvalue weighted by molar-refractivity contribution is 0.0698. The summed E-state index contributed by atoms with van der Waals surface area (Å²) in [7, 11) is 0. The standard InChI is InChI=1S/C28H26N4O3.3ClH/c1-19-6-5-9-22(16-19)31-12-14-32(15-13-31)26-18-24(28(34)35)23-17-21(10-11-25(23)30-26)29-27(33)20-7-3-2-4-8-20;;;/h2-11,16-18H,12-15H2,1H3,(H,29,33)(H,34,35);3*1H. The second-order valence-electron chi connectivity index (χ2n) is 8.70. The van der Waals surface area contributed by atoms with Gasteiger partial charge in [-0.1, -0.05) is 30.3 Å². The fourth-order valence-corrected chi connectivity index (χ4v) is 4.44. The third-order valence-corrected chi connectivity index (χ3v) is 6.29. The van der Waals surface area contributed by atoms with E-state index < -0.39 is 5.97 Å². The van der Waals surface area contributed by atoms with E-state index in [1.807, 2.05) is 6.07 Å². The number of nitrogens with one attached hydrogen (secondary N) is 1. The molecule has 1 amide bonds. The summed E-state index contributed by atoms with van der Waals surface area (Å²) in [5, 5.41) is 13.3. The number of piperazine rings is 1. The number of benzene rings is 3. The monoisotopic (exact) mass is 574 g/mol. The highest BCUT2D eigenvalue weighted by Gasteiger charge is 2.21. The maximum Gasteiger partial charge on any atom is 0.336 e. The maximum absolute atomic E-state index is 12.5. The van der Waals surface area contributed by atoms with Crippen molar-refractivity contribution >= 4 is 77.2 Å². The van der Waals surface area contributed by atoms with Crippen molar-refractivity contribution in [2.24, 2.45) is 0 Å². The first kappa shape index (κ1) is 30.7. The van der Waals surface area contributed by atoms with E-state index in [-0.39, 0.29) is 48.7 Å². The fourth-order valence-electron chi connectivity index (χ4n) is 4.44. The molecule has 1 aromatic heterocycles. The molecule has 2 N–H and O–H groups in total. The lowest BCUT2D eigenvalue weighted by Gasteiger charge is -2.37. The molecule has 7 nitrogen and oxygen atoms in total. The van der Waals surface area contributed by atoms with E-state index in [0.29, 0.717) is 28.0 Å². The Labute approximate surface area is 240 Å². The number of rotatable bonds is 5. The van der Waals surface area contributed by atoms with Gasteiger partial charge in [0, 0.05) is 48.5 Å². The Morgan fingerprint density at radius 2 is 1.50 bits per heavy atom. The molecule has 0 atom stereocenters. The van der Waals surface area contributed by atoms with Gasteiger partial charge in [0.05, 0.1) is 11.1 Å². The number of pyridine rings is 1. The molecule has 0 saturated carbocycles. The number of carboxylic acid groups (broad SMARTS) is 1. The van der Waals surface area contributed by atoms with Crippen LogP contribution in [0.2, 0.25) is 0 Å². The van der Waals surface area contributed by atoms with Crippen molar-refractivity contribution in [2.75, 3.05) is 41.3 Å². The van der Waals surface area contributed by atoms with Crippen molar-refractivity contribution in [2.45, 2.75) is 6.92 Å². The van der Waals surface area contributed by atoms with E-state index in [1.54, 1.807) is 48.5 Å². The van der Waals surface area contributed by atoms with Crippen LogP contribution in [0.1, 0.15) is 26.3 Å². The molecule has 200 valence electrons. The number of carbonyl (C=O) groups excluding carboxylic acids is 1. The summed E-state index contributed by atoms with van der Waals surface area (Å²) >= 11 is 0. The minimum Gasteiger partial charge on any atom is -0.478 e. The van der Waals surface area contributed by atoms with Crippen molar-refractivity contribution in [1.29, 1.82) is 0 Å². The molecular formula is C28H29Cl3N4O3. The normalized spacial score (nSPS) is 12.6. The number of hydrogen-bond acceptors (Lipinski definition) is 5. The van der Waals surface area contributed by atoms with Gasteiger partial charge < -0.3 is 20.2 Å². The number of hydrogen-bond donors (Lipinski definition) is 2. The molecule has 1 fully saturated rings. The third kappa shape index (κ3) is 6.67. The first-order valence-corrected chi connectivity index (χ1v) is 11.6. The number of halogens is 3. The summed E-state index contributed by atoms with van der Waals surface area (Å²) in [6.07, 6.45) is 0. The van der Waals surface area contributed by atoms with Gasteiger partial charge in [0.25, 0.3) is 5.91 Å². The van der Waals surface area contributed by atoms with Crippen LogP contribution in [0.25, 0.3) is 10.9 Å². The van der Waals surface area contributed by atoms with Crippen LogP contribution in [0, 0.1) is 6.92 Å². The van der Waals surface area contributed by atoms with Crippen molar-refractivity contribution in [3.05, 3.63) is 95.6 Å². The van der Waals surface area contributed by atoms with Gasteiger partial charge >= 0.3 is 5.97 Å². The summed E-state index contributed by atoms with van der Waals surface area (Å²) in [5.74, 6) is -0.624. The van der Waals surface area contributed by atoms with Crippen LogP contribution < -0.4 is 15.1 Å². The molecule has 0 bridgehead atoms. The van der Waals surface area contributed by atoms with Crippen LogP contribution in [-0.4, -0.2) is 48.1 Å². The van der Waals surface area contributed by atoms with E-state index in [0.717, 1.165) is 26.2 Å². The highest BCUT2D eigenvalue weighted by atomic mass is 35.5. The van der Waals surface area contributed by atoms with E-state index in [4.69, 9.17) is 4.98 Å². The van der Waals surface area contributed by atoms with Crippen molar-refractivity contribution < 1.29 is 14.7 Å². The predicted molar refractivity (Wildman–Crippen MR) is 160 cm³/mol. The fraction of sp³-hybridized carbons (Fsp3) is 0.179. The molecule has 0 aliphatic carbocycles. The second-order valence-corrected chi connectivity index (χ2v) is 8.70. The summed E-state index contributed by atoms with van der Waals surface area (Å²) in [6, 6.07) is 24.2. The number of fused-ring (bicyclic) bond motifs is 1. The molecule has 10 heteroatoms. The maximum atomic E-state index is 12.5. The molecule has 1 saturated heterocycles. The van der Waals surface area contributed by atoms with Gasteiger partial charge in [-0.05, 0) is 61.0 Å². The Hall–Kier alpha value is -3.52. The number of aryl methyl sites for hydroxylation is 1. The Morgan fingerprint density at radius 1 is 0.816 bits per heavy atom. The summed E-state index contributed by atoms with van der Waals surface area (Å²) < 4.78 is 0. The molecular weight excluding hydrogens is 547 g/mol. The third-order valence-electron chi connectivity index (χ3n) is 6.29. The number of aromatic nitrogens is 1. The van der Waals surface area contributed by atoms with Crippen molar-refractivity contribution in [1.82, 2.24) is 4.98 Å². The van der Waals surface area contributed by atoms with Gasteiger partial charge in [-0.15, -0.1) is 37.2 Å². The topological polar surface area (TPSA) is 85.8 Å². The van der Waals surface area contributed by atoms with Gasteiger partial charge in [-0.3, -0.25) is 4.79 Å². The Morgan fingerprint density at radius 3 is 2.16 bits per heavy atom. The van der Waals surface area contributed by atoms with Crippen LogP contribution in [0.5, 0.6) is 0 Å². The molecule has 0 radical (unpaired) electrons. The van der Waals surface area contributed by atoms with Crippen molar-refractivity contribution in [3.8, 4) is 0 Å². The molecule has 1 aliphatic rings. The van der Waals surface area contributed by atoms with Gasteiger partial charge in [0.1, 0.15) is 5.82 Å². The molecule has 1 aliphatic heterocycles. The predicted octanol–water partition coefficient (Wildman–Crippen LogP) is 6.09. The number of anilines is 3. The molecule has 38 heavy (non-hydrogen) atoms. The summed E-state index contributed by atoms with van der Waals surface area (Å²) in [4.78, 5) is 33.9. The van der Waals surface area contributed by atoms with Crippen LogP contribution in [0.4, 0.5) is 17.2 Å². The number of amides is 1. The van der Waals surface area contributed by atoms with Gasteiger partial charge in [0.15, 0.2) is 0 Å². The molecule has 3 aromatic carbocycles. The largest absolute Gasteiger partial charge is 0.478 e. The SMILES string of the molecule is Cc1cccc(N2CCN(c3cc(C(=O)O)c4cc(NC(=O)c5ccccc5)ccc4n3)CC2)c1.Cl.Cl.Cl. The van der Waals surface area contributed by atoms with Crippen LogP contribution in [-0.2, 0) is 0 Å². The van der Waals surface area contributed by atoms with E-state index >= 15 is 0 Å². The Kier molecular flexibility index (Phi) is 10.8.